The first-order valence-corrected chi connectivity index (χ1v) is 12.7. The molecule has 0 aliphatic carbocycles. The molecule has 0 saturated carbocycles. The molecule has 0 saturated heterocycles. The van der Waals surface area contributed by atoms with Gasteiger partial charge in [0, 0.05) is 13.0 Å². The Hall–Kier alpha value is -3.46. The van der Waals surface area contributed by atoms with Gasteiger partial charge in [0.2, 0.25) is 17.7 Å². The van der Waals surface area contributed by atoms with Crippen molar-refractivity contribution < 1.29 is 34.2 Å². The van der Waals surface area contributed by atoms with Gasteiger partial charge in [0.15, 0.2) is 5.96 Å². The zero-order valence-electron chi connectivity index (χ0n) is 22.2. The highest BCUT2D eigenvalue weighted by Crippen LogP contribution is 2.11. The molecule has 0 rings (SSSR count). The molecule has 5 unspecified atom stereocenters. The van der Waals surface area contributed by atoms with Crippen molar-refractivity contribution in [1.29, 1.82) is 0 Å². The molecule has 0 aliphatic heterocycles. The average molecular weight is 545 g/mol. The molecule has 0 spiro atoms. The Labute approximate surface area is 222 Å². The zero-order chi connectivity index (χ0) is 29.3. The number of carboxylic acid groups (broad SMARTS) is 2. The van der Waals surface area contributed by atoms with E-state index in [4.69, 9.17) is 28.0 Å². The van der Waals surface area contributed by atoms with Crippen LogP contribution in [0.4, 0.5) is 0 Å². The summed E-state index contributed by atoms with van der Waals surface area (Å²) in [5.41, 5.74) is 22.0. The SMILES string of the molecule is CCC(C)C(NC(=O)C(N)CCCN=C(N)N)C(=O)NC(CCCCN)C(=O)NC(CCC(=O)O)C(=O)O. The first-order valence-electron chi connectivity index (χ1n) is 12.7. The molecule has 15 nitrogen and oxygen atoms in total. The van der Waals surface area contributed by atoms with Crippen molar-refractivity contribution >= 4 is 35.6 Å². The maximum Gasteiger partial charge on any atom is 0.326 e. The summed E-state index contributed by atoms with van der Waals surface area (Å²) < 4.78 is 0. The second-order valence-electron chi connectivity index (χ2n) is 9.10. The fourth-order valence-electron chi connectivity index (χ4n) is 3.43. The van der Waals surface area contributed by atoms with Gasteiger partial charge in [-0.25, -0.2) is 4.79 Å². The molecule has 38 heavy (non-hydrogen) atoms. The van der Waals surface area contributed by atoms with Crippen LogP contribution in [0.25, 0.3) is 0 Å². The number of carbonyl (C=O) groups is 5. The van der Waals surface area contributed by atoms with Crippen LogP contribution in [0.15, 0.2) is 4.99 Å². The molecular weight excluding hydrogens is 500 g/mol. The number of aliphatic imine (C=N–C) groups is 1. The van der Waals surface area contributed by atoms with Crippen LogP contribution in [0, 0.1) is 5.92 Å². The summed E-state index contributed by atoms with van der Waals surface area (Å²) in [4.78, 5) is 65.0. The molecule has 0 aromatic carbocycles. The van der Waals surface area contributed by atoms with Crippen LogP contribution >= 0.6 is 0 Å². The summed E-state index contributed by atoms with van der Waals surface area (Å²) in [6.07, 6.45) is 1.63. The molecule has 0 fully saturated rings. The van der Waals surface area contributed by atoms with Gasteiger partial charge >= 0.3 is 11.9 Å². The van der Waals surface area contributed by atoms with Gasteiger partial charge in [-0.15, -0.1) is 0 Å². The Morgan fingerprint density at radius 3 is 2.00 bits per heavy atom. The normalized spacial score (nSPS) is 14.7. The van der Waals surface area contributed by atoms with Crippen molar-refractivity contribution in [2.45, 2.75) is 89.4 Å². The van der Waals surface area contributed by atoms with E-state index in [-0.39, 0.29) is 31.1 Å². The Morgan fingerprint density at radius 1 is 0.842 bits per heavy atom. The van der Waals surface area contributed by atoms with Crippen LogP contribution in [0.1, 0.15) is 65.2 Å². The number of nitrogens with two attached hydrogens (primary N) is 4. The number of amides is 3. The van der Waals surface area contributed by atoms with Gasteiger partial charge < -0.3 is 49.1 Å². The lowest BCUT2D eigenvalue weighted by Crippen LogP contribution is -2.58. The quantitative estimate of drug-likeness (QED) is 0.0456. The summed E-state index contributed by atoms with van der Waals surface area (Å²) in [5.74, 6) is -4.96. The van der Waals surface area contributed by atoms with E-state index in [9.17, 15) is 29.1 Å². The summed E-state index contributed by atoms with van der Waals surface area (Å²) in [5, 5.41) is 25.8. The lowest BCUT2D eigenvalue weighted by molar-refractivity contribution is -0.143. The lowest BCUT2D eigenvalue weighted by Gasteiger charge is -2.28. The number of hydrogen-bond acceptors (Lipinski definition) is 8. The maximum absolute atomic E-state index is 13.2. The number of rotatable bonds is 20. The van der Waals surface area contributed by atoms with Gasteiger partial charge in [0.05, 0.1) is 6.04 Å². The molecule has 13 N–H and O–H groups in total. The van der Waals surface area contributed by atoms with Gasteiger partial charge in [0.25, 0.3) is 0 Å². The van der Waals surface area contributed by atoms with Gasteiger partial charge in [-0.05, 0) is 51.0 Å². The second kappa shape index (κ2) is 18.7. The van der Waals surface area contributed by atoms with Crippen LogP contribution in [0.2, 0.25) is 0 Å². The van der Waals surface area contributed by atoms with Crippen LogP contribution in [0.5, 0.6) is 0 Å². The number of carboxylic acids is 2. The Balaban J connectivity index is 5.49. The maximum atomic E-state index is 13.2. The van der Waals surface area contributed by atoms with Gasteiger partial charge in [-0.2, -0.15) is 0 Å². The minimum absolute atomic E-state index is 0.0712. The summed E-state index contributed by atoms with van der Waals surface area (Å²) in [6.45, 7) is 4.23. The highest BCUT2D eigenvalue weighted by molar-refractivity contribution is 5.94. The highest BCUT2D eigenvalue weighted by atomic mass is 16.4. The Morgan fingerprint density at radius 2 is 1.47 bits per heavy atom. The summed E-state index contributed by atoms with van der Waals surface area (Å²) in [7, 11) is 0. The molecule has 5 atom stereocenters. The third kappa shape index (κ3) is 14.3. The van der Waals surface area contributed by atoms with Gasteiger partial charge in [-0.1, -0.05) is 20.3 Å². The molecule has 0 radical (unpaired) electrons. The number of nitrogens with one attached hydrogen (secondary N) is 3. The lowest BCUT2D eigenvalue weighted by atomic mass is 9.96. The third-order valence-electron chi connectivity index (χ3n) is 5.94. The summed E-state index contributed by atoms with van der Waals surface area (Å²) >= 11 is 0. The number of hydrogen-bond donors (Lipinski definition) is 9. The van der Waals surface area contributed by atoms with Crippen molar-refractivity contribution in [1.82, 2.24) is 16.0 Å². The van der Waals surface area contributed by atoms with Crippen molar-refractivity contribution in [2.24, 2.45) is 33.8 Å². The number of unbranched alkanes of at least 4 members (excludes halogenated alkanes) is 1. The molecule has 15 heteroatoms. The minimum atomic E-state index is -1.45. The number of nitrogens with zero attached hydrogens (tertiary/aromatic N) is 1. The Bertz CT molecular complexity index is 820. The molecule has 218 valence electrons. The average Bonchev–Trinajstić information content (AvgIpc) is 2.85. The van der Waals surface area contributed by atoms with E-state index in [1.54, 1.807) is 6.92 Å². The number of aliphatic carboxylic acids is 2. The predicted molar refractivity (Wildman–Crippen MR) is 141 cm³/mol. The van der Waals surface area contributed by atoms with Gasteiger partial charge in [-0.3, -0.25) is 24.2 Å². The van der Waals surface area contributed by atoms with Crippen molar-refractivity contribution in [2.75, 3.05) is 13.1 Å². The minimum Gasteiger partial charge on any atom is -0.481 e. The zero-order valence-corrected chi connectivity index (χ0v) is 22.2. The first-order chi connectivity index (χ1) is 17.8. The molecule has 3 amide bonds. The summed E-state index contributed by atoms with van der Waals surface area (Å²) in [6, 6.07) is -4.51. The largest absolute Gasteiger partial charge is 0.481 e. The van der Waals surface area contributed by atoms with Crippen molar-refractivity contribution in [3.63, 3.8) is 0 Å². The van der Waals surface area contributed by atoms with Crippen LogP contribution in [-0.4, -0.2) is 83.1 Å². The van der Waals surface area contributed by atoms with E-state index in [0.29, 0.717) is 38.8 Å². The van der Waals surface area contributed by atoms with Gasteiger partial charge in [0.1, 0.15) is 18.1 Å². The smallest absolute Gasteiger partial charge is 0.326 e. The van der Waals surface area contributed by atoms with E-state index < -0.39 is 60.2 Å². The topological polar surface area (TPSA) is 278 Å². The van der Waals surface area contributed by atoms with Crippen LogP contribution in [-0.2, 0) is 24.0 Å². The second-order valence-corrected chi connectivity index (χ2v) is 9.10. The molecule has 0 bridgehead atoms. The van der Waals surface area contributed by atoms with E-state index in [1.165, 1.54) is 0 Å². The van der Waals surface area contributed by atoms with Crippen molar-refractivity contribution in [3.8, 4) is 0 Å². The molecule has 0 aromatic rings. The van der Waals surface area contributed by atoms with E-state index in [1.807, 2.05) is 6.92 Å². The van der Waals surface area contributed by atoms with Crippen LogP contribution < -0.4 is 38.9 Å². The van der Waals surface area contributed by atoms with Crippen molar-refractivity contribution in [3.05, 3.63) is 0 Å². The molecule has 0 heterocycles. The van der Waals surface area contributed by atoms with E-state index >= 15 is 0 Å². The third-order valence-corrected chi connectivity index (χ3v) is 5.94. The fraction of sp³-hybridized carbons (Fsp3) is 0.739. The first kappa shape index (κ1) is 34.5. The number of guanidine groups is 1. The highest BCUT2D eigenvalue weighted by Gasteiger charge is 2.32. The predicted octanol–water partition coefficient (Wildman–Crippen LogP) is -2.05. The monoisotopic (exact) mass is 544 g/mol. The van der Waals surface area contributed by atoms with Crippen LogP contribution in [0.3, 0.4) is 0 Å². The fourth-order valence-corrected chi connectivity index (χ4v) is 3.43. The standard InChI is InChI=1S/C23H44N8O7/c1-3-13(2)18(31-19(34)14(25)7-6-12-28-23(26)27)21(36)29-15(8-4-5-11-24)20(35)30-16(22(37)38)9-10-17(32)33/h13-16,18H,3-12,24-25H2,1-2H3,(H,29,36)(H,30,35)(H,31,34)(H,32,33)(H,37,38)(H4,26,27,28). The number of carbonyl (C=O) groups excluding carboxylic acids is 3. The Kier molecular flexibility index (Phi) is 17.0. The molecule has 0 aromatic heterocycles. The molecule has 0 aliphatic rings. The molecular formula is C23H44N8O7. The van der Waals surface area contributed by atoms with E-state index in [0.717, 1.165) is 0 Å². The van der Waals surface area contributed by atoms with E-state index in [2.05, 4.69) is 20.9 Å².